The minimum absolute atomic E-state index is 0.0240. The summed E-state index contributed by atoms with van der Waals surface area (Å²) in [4.78, 5) is 21.4. The van der Waals surface area contributed by atoms with Gasteiger partial charge in [-0.25, -0.2) is 0 Å². The highest BCUT2D eigenvalue weighted by Crippen LogP contribution is 2.00. The molecule has 0 saturated heterocycles. The molecule has 0 saturated carbocycles. The van der Waals surface area contributed by atoms with Crippen LogP contribution in [0.4, 0.5) is 0 Å². The Hall–Kier alpha value is -0.750. The van der Waals surface area contributed by atoms with Crippen LogP contribution in [0, 0.1) is 0 Å². The number of carboxylic acids is 1. The molecule has 94 valence electrons. The van der Waals surface area contributed by atoms with Crippen molar-refractivity contribution in [1.82, 2.24) is 5.32 Å². The van der Waals surface area contributed by atoms with Crippen LogP contribution in [0.5, 0.6) is 0 Å². The lowest BCUT2D eigenvalue weighted by molar-refractivity contribution is -0.136. The van der Waals surface area contributed by atoms with E-state index < -0.39 is 5.97 Å². The third-order valence-corrected chi connectivity index (χ3v) is 2.77. The molecule has 0 bridgehead atoms. The van der Waals surface area contributed by atoms with E-state index in [0.717, 1.165) is 12.2 Å². The van der Waals surface area contributed by atoms with Gasteiger partial charge in [-0.15, -0.1) is 0 Å². The number of hydrogen-bond acceptors (Lipinski definition) is 4. The Morgan fingerprint density at radius 3 is 2.69 bits per heavy atom. The fraction of sp³-hybridized carbons (Fsp3) is 0.800. The molecular weight excluding hydrogens is 230 g/mol. The van der Waals surface area contributed by atoms with E-state index in [2.05, 4.69) is 5.32 Å². The number of carboxylic acid groups (broad SMARTS) is 1. The lowest BCUT2D eigenvalue weighted by Crippen LogP contribution is -2.25. The summed E-state index contributed by atoms with van der Waals surface area (Å²) in [5.41, 5.74) is 0. The van der Waals surface area contributed by atoms with Gasteiger partial charge in [0.2, 0.25) is 5.91 Å². The maximum Gasteiger partial charge on any atom is 0.304 e. The van der Waals surface area contributed by atoms with Gasteiger partial charge in [0.25, 0.3) is 0 Å². The van der Waals surface area contributed by atoms with Crippen LogP contribution in [0.2, 0.25) is 0 Å². The van der Waals surface area contributed by atoms with E-state index >= 15 is 0 Å². The fourth-order valence-corrected chi connectivity index (χ4v) is 1.76. The van der Waals surface area contributed by atoms with E-state index in [-0.39, 0.29) is 12.3 Å². The molecule has 0 atom stereocenters. The second-order valence-corrected chi connectivity index (χ2v) is 4.43. The first-order valence-corrected chi connectivity index (χ1v) is 6.37. The average molecular weight is 249 g/mol. The zero-order valence-corrected chi connectivity index (χ0v) is 10.3. The largest absolute Gasteiger partial charge is 0.481 e. The number of amides is 1. The topological polar surface area (TPSA) is 75.6 Å². The Kier molecular flexibility index (Phi) is 10.3. The number of thioether (sulfide) groups is 1. The Bertz CT molecular complexity index is 211. The Morgan fingerprint density at radius 2 is 2.06 bits per heavy atom. The second kappa shape index (κ2) is 10.8. The van der Waals surface area contributed by atoms with Crippen molar-refractivity contribution in [3.63, 3.8) is 0 Å². The van der Waals surface area contributed by atoms with Crippen LogP contribution in [0.1, 0.15) is 19.3 Å². The Labute approximate surface area is 99.9 Å². The summed E-state index contributed by atoms with van der Waals surface area (Å²) in [6.07, 6.45) is 1.38. The minimum atomic E-state index is -0.781. The highest BCUT2D eigenvalue weighted by Gasteiger charge is 2.00. The van der Waals surface area contributed by atoms with E-state index in [1.165, 1.54) is 11.8 Å². The molecule has 0 heterocycles. The third kappa shape index (κ3) is 11.3. The number of nitrogens with one attached hydrogen (secondary N) is 1. The molecule has 0 aromatic rings. The predicted octanol–water partition coefficient (Wildman–Crippen LogP) is 0.737. The number of ether oxygens (including phenoxy) is 1. The normalized spacial score (nSPS) is 10.1. The third-order valence-electron chi connectivity index (χ3n) is 1.78. The van der Waals surface area contributed by atoms with Crippen LogP contribution >= 0.6 is 11.8 Å². The van der Waals surface area contributed by atoms with Crippen molar-refractivity contribution in [2.75, 3.05) is 31.8 Å². The SMILES string of the molecule is COCCCC(=O)NCCSCCC(=O)O. The van der Waals surface area contributed by atoms with Gasteiger partial charge in [-0.2, -0.15) is 11.8 Å². The zero-order chi connectivity index (χ0) is 12.2. The summed E-state index contributed by atoms with van der Waals surface area (Å²) < 4.78 is 4.83. The molecule has 0 fully saturated rings. The molecule has 0 aromatic carbocycles. The van der Waals surface area contributed by atoms with Gasteiger partial charge in [0.05, 0.1) is 6.42 Å². The maximum atomic E-state index is 11.2. The first kappa shape index (κ1) is 15.2. The molecule has 16 heavy (non-hydrogen) atoms. The number of aliphatic carboxylic acids is 1. The molecule has 0 aromatic heterocycles. The van der Waals surface area contributed by atoms with Gasteiger partial charge in [0.1, 0.15) is 0 Å². The molecule has 0 aliphatic rings. The molecule has 2 N–H and O–H groups in total. The quantitative estimate of drug-likeness (QED) is 0.558. The summed E-state index contributed by atoms with van der Waals surface area (Å²) in [7, 11) is 1.61. The van der Waals surface area contributed by atoms with Crippen LogP contribution in [0.15, 0.2) is 0 Å². The van der Waals surface area contributed by atoms with Gasteiger partial charge in [-0.3, -0.25) is 9.59 Å². The van der Waals surface area contributed by atoms with Crippen LogP contribution in [-0.2, 0) is 14.3 Å². The highest BCUT2D eigenvalue weighted by molar-refractivity contribution is 7.99. The van der Waals surface area contributed by atoms with Gasteiger partial charge < -0.3 is 15.2 Å². The van der Waals surface area contributed by atoms with E-state index in [9.17, 15) is 9.59 Å². The van der Waals surface area contributed by atoms with E-state index in [1.54, 1.807) is 7.11 Å². The molecule has 0 aliphatic carbocycles. The van der Waals surface area contributed by atoms with Gasteiger partial charge in [-0.1, -0.05) is 0 Å². The summed E-state index contributed by atoms with van der Waals surface area (Å²) in [6.45, 7) is 1.19. The summed E-state index contributed by atoms with van der Waals surface area (Å²) in [6, 6.07) is 0. The molecule has 0 rings (SSSR count). The molecule has 5 nitrogen and oxygen atoms in total. The Morgan fingerprint density at radius 1 is 1.31 bits per heavy atom. The lowest BCUT2D eigenvalue weighted by Gasteiger charge is -2.04. The predicted molar refractivity (Wildman–Crippen MR) is 63.7 cm³/mol. The van der Waals surface area contributed by atoms with Crippen molar-refractivity contribution in [2.45, 2.75) is 19.3 Å². The summed E-state index contributed by atoms with van der Waals surface area (Å²) >= 11 is 1.53. The van der Waals surface area contributed by atoms with Gasteiger partial charge in [0.15, 0.2) is 0 Å². The van der Waals surface area contributed by atoms with Gasteiger partial charge in [-0.05, 0) is 6.42 Å². The van der Waals surface area contributed by atoms with E-state index in [0.29, 0.717) is 25.3 Å². The molecule has 6 heteroatoms. The first-order valence-electron chi connectivity index (χ1n) is 5.22. The second-order valence-electron chi connectivity index (χ2n) is 3.20. The Balaban J connectivity index is 3.18. The van der Waals surface area contributed by atoms with E-state index in [1.807, 2.05) is 0 Å². The number of hydrogen-bond donors (Lipinski definition) is 2. The number of carbonyl (C=O) groups excluding carboxylic acids is 1. The monoisotopic (exact) mass is 249 g/mol. The summed E-state index contributed by atoms with van der Waals surface area (Å²) in [5.74, 6) is 0.588. The molecule has 0 radical (unpaired) electrons. The van der Waals surface area contributed by atoms with Crippen molar-refractivity contribution in [2.24, 2.45) is 0 Å². The average Bonchev–Trinajstić information content (AvgIpc) is 2.23. The summed E-state index contributed by atoms with van der Waals surface area (Å²) in [5, 5.41) is 11.2. The van der Waals surface area contributed by atoms with Crippen LogP contribution in [0.3, 0.4) is 0 Å². The van der Waals surface area contributed by atoms with Crippen molar-refractivity contribution in [3.8, 4) is 0 Å². The van der Waals surface area contributed by atoms with Crippen molar-refractivity contribution < 1.29 is 19.4 Å². The minimum Gasteiger partial charge on any atom is -0.481 e. The number of rotatable bonds is 10. The van der Waals surface area contributed by atoms with E-state index in [4.69, 9.17) is 9.84 Å². The van der Waals surface area contributed by atoms with Crippen molar-refractivity contribution >= 4 is 23.6 Å². The van der Waals surface area contributed by atoms with Crippen LogP contribution < -0.4 is 5.32 Å². The smallest absolute Gasteiger partial charge is 0.304 e. The standard InChI is InChI=1S/C10H19NO4S/c1-15-6-2-3-9(12)11-5-8-16-7-4-10(13)14/h2-8H2,1H3,(H,11,12)(H,13,14). The molecule has 0 aliphatic heterocycles. The van der Waals surface area contributed by atoms with Crippen LogP contribution in [0.25, 0.3) is 0 Å². The molecule has 0 unspecified atom stereocenters. The van der Waals surface area contributed by atoms with Crippen LogP contribution in [-0.4, -0.2) is 48.8 Å². The maximum absolute atomic E-state index is 11.2. The highest BCUT2D eigenvalue weighted by atomic mass is 32.2. The van der Waals surface area contributed by atoms with Gasteiger partial charge >= 0.3 is 5.97 Å². The molecular formula is C10H19NO4S. The molecule has 0 spiro atoms. The molecule has 1 amide bonds. The van der Waals surface area contributed by atoms with Gasteiger partial charge in [0, 0.05) is 38.2 Å². The van der Waals surface area contributed by atoms with Crippen molar-refractivity contribution in [1.29, 1.82) is 0 Å². The first-order chi connectivity index (χ1) is 7.66. The lowest BCUT2D eigenvalue weighted by atomic mass is 10.3. The van der Waals surface area contributed by atoms with Crippen molar-refractivity contribution in [3.05, 3.63) is 0 Å². The number of carbonyl (C=O) groups is 2. The number of methoxy groups -OCH3 is 1. The fourth-order valence-electron chi connectivity index (χ4n) is 0.990. The zero-order valence-electron chi connectivity index (χ0n) is 9.53.